The highest BCUT2D eigenvalue weighted by molar-refractivity contribution is 4.88. The van der Waals surface area contributed by atoms with Gasteiger partial charge in [0.2, 0.25) is 0 Å². The average molecular weight is 270 g/mol. The van der Waals surface area contributed by atoms with Crippen molar-refractivity contribution in [1.29, 1.82) is 0 Å². The molecule has 0 aliphatic heterocycles. The lowest BCUT2D eigenvalue weighted by atomic mass is 10.1. The molecule has 0 rings (SSSR count). The van der Waals surface area contributed by atoms with E-state index in [9.17, 15) is 10.2 Å². The zero-order valence-electron chi connectivity index (χ0n) is 13.0. The van der Waals surface area contributed by atoms with Crippen molar-refractivity contribution in [2.75, 3.05) is 0 Å². The molecular weight excluding hydrogens is 236 g/mol. The van der Waals surface area contributed by atoms with Crippen LogP contribution in [-0.2, 0) is 0 Å². The summed E-state index contributed by atoms with van der Waals surface area (Å²) in [5.74, 6) is 0. The van der Waals surface area contributed by atoms with Crippen molar-refractivity contribution in [1.82, 2.24) is 0 Å². The van der Waals surface area contributed by atoms with Gasteiger partial charge in [0.05, 0.1) is 12.2 Å². The molecular formula is C17H34O2. The molecule has 0 radical (unpaired) electrons. The number of hydrogen-bond acceptors (Lipinski definition) is 2. The van der Waals surface area contributed by atoms with Crippen LogP contribution in [0.3, 0.4) is 0 Å². The van der Waals surface area contributed by atoms with Crippen molar-refractivity contribution in [3.05, 3.63) is 12.2 Å². The summed E-state index contributed by atoms with van der Waals surface area (Å²) in [4.78, 5) is 0. The Kier molecular flexibility index (Phi) is 13.8. The first-order valence-corrected chi connectivity index (χ1v) is 8.23. The van der Waals surface area contributed by atoms with Gasteiger partial charge in [-0.3, -0.25) is 0 Å². The van der Waals surface area contributed by atoms with Crippen LogP contribution in [0.15, 0.2) is 12.2 Å². The largest absolute Gasteiger partial charge is 0.393 e. The van der Waals surface area contributed by atoms with E-state index >= 15 is 0 Å². The van der Waals surface area contributed by atoms with E-state index in [-0.39, 0.29) is 12.2 Å². The third-order valence-electron chi connectivity index (χ3n) is 3.50. The average Bonchev–Trinajstić information content (AvgIpc) is 2.40. The van der Waals surface area contributed by atoms with E-state index in [0.717, 1.165) is 19.3 Å². The van der Waals surface area contributed by atoms with Crippen LogP contribution in [0.1, 0.15) is 84.5 Å². The van der Waals surface area contributed by atoms with Gasteiger partial charge in [-0.2, -0.15) is 0 Å². The lowest BCUT2D eigenvalue weighted by Crippen LogP contribution is -2.11. The van der Waals surface area contributed by atoms with Gasteiger partial charge in [-0.1, -0.05) is 64.5 Å². The minimum atomic E-state index is -0.383. The summed E-state index contributed by atoms with van der Waals surface area (Å²) in [6.45, 7) is 4.31. The van der Waals surface area contributed by atoms with Crippen molar-refractivity contribution >= 4 is 0 Å². The number of unbranched alkanes of at least 4 members (excludes halogenated alkanes) is 6. The van der Waals surface area contributed by atoms with Gasteiger partial charge in [0, 0.05) is 0 Å². The van der Waals surface area contributed by atoms with E-state index in [2.05, 4.69) is 19.9 Å². The molecule has 2 atom stereocenters. The molecule has 2 heteroatoms. The van der Waals surface area contributed by atoms with Crippen LogP contribution in [0.5, 0.6) is 0 Å². The van der Waals surface area contributed by atoms with Crippen molar-refractivity contribution in [2.24, 2.45) is 0 Å². The number of aliphatic hydroxyl groups excluding tert-OH is 2. The van der Waals surface area contributed by atoms with E-state index in [4.69, 9.17) is 0 Å². The lowest BCUT2D eigenvalue weighted by molar-refractivity contribution is 0.125. The smallest absolute Gasteiger partial charge is 0.0721 e. The summed E-state index contributed by atoms with van der Waals surface area (Å²) >= 11 is 0. The standard InChI is InChI=1S/C17H34O2/c1-3-5-6-7-8-9-10-11-13-17(19)15-14-16(18)12-4-2/h11,13,16-19H,3-10,12,14-15H2,1-2H3/b13-11-/t16-,17-/m0/s1. The van der Waals surface area contributed by atoms with Gasteiger partial charge in [0.25, 0.3) is 0 Å². The van der Waals surface area contributed by atoms with E-state index in [1.165, 1.54) is 38.5 Å². The Labute approximate surface area is 119 Å². The van der Waals surface area contributed by atoms with Crippen LogP contribution < -0.4 is 0 Å². The van der Waals surface area contributed by atoms with Gasteiger partial charge in [-0.15, -0.1) is 0 Å². The van der Waals surface area contributed by atoms with Crippen LogP contribution in [-0.4, -0.2) is 22.4 Å². The third kappa shape index (κ3) is 13.9. The molecule has 2 nitrogen and oxygen atoms in total. The molecule has 0 bridgehead atoms. The maximum absolute atomic E-state index is 9.74. The number of hydrogen-bond donors (Lipinski definition) is 2. The van der Waals surface area contributed by atoms with Crippen LogP contribution in [0.2, 0.25) is 0 Å². The Bertz CT molecular complexity index is 201. The molecule has 0 spiro atoms. The monoisotopic (exact) mass is 270 g/mol. The molecule has 0 amide bonds. The Balaban J connectivity index is 3.38. The Hall–Kier alpha value is -0.340. The summed E-state index contributed by atoms with van der Waals surface area (Å²) in [6, 6.07) is 0. The molecule has 0 aromatic heterocycles. The van der Waals surface area contributed by atoms with Crippen molar-refractivity contribution in [3.8, 4) is 0 Å². The Morgan fingerprint density at radius 2 is 1.47 bits per heavy atom. The fraction of sp³-hybridized carbons (Fsp3) is 0.882. The van der Waals surface area contributed by atoms with Gasteiger partial charge in [0.1, 0.15) is 0 Å². The molecule has 0 aliphatic rings. The molecule has 114 valence electrons. The fourth-order valence-electron chi connectivity index (χ4n) is 2.23. The third-order valence-corrected chi connectivity index (χ3v) is 3.50. The molecule has 19 heavy (non-hydrogen) atoms. The molecule has 0 heterocycles. The normalized spacial score (nSPS) is 14.9. The number of rotatable bonds is 13. The Morgan fingerprint density at radius 1 is 0.789 bits per heavy atom. The van der Waals surface area contributed by atoms with E-state index in [1.54, 1.807) is 0 Å². The van der Waals surface area contributed by atoms with E-state index in [0.29, 0.717) is 12.8 Å². The maximum Gasteiger partial charge on any atom is 0.0721 e. The second kappa shape index (κ2) is 14.1. The van der Waals surface area contributed by atoms with E-state index < -0.39 is 0 Å². The molecule has 0 fully saturated rings. The van der Waals surface area contributed by atoms with Crippen molar-refractivity contribution in [3.63, 3.8) is 0 Å². The zero-order valence-corrected chi connectivity index (χ0v) is 13.0. The van der Waals surface area contributed by atoms with Gasteiger partial charge in [0.15, 0.2) is 0 Å². The summed E-state index contributed by atoms with van der Waals surface area (Å²) in [6.07, 6.45) is 15.5. The summed E-state index contributed by atoms with van der Waals surface area (Å²) in [7, 11) is 0. The first-order valence-electron chi connectivity index (χ1n) is 8.23. The summed E-state index contributed by atoms with van der Waals surface area (Å²) in [5.41, 5.74) is 0. The minimum absolute atomic E-state index is 0.244. The topological polar surface area (TPSA) is 40.5 Å². The fourth-order valence-corrected chi connectivity index (χ4v) is 2.23. The molecule has 2 N–H and O–H groups in total. The van der Waals surface area contributed by atoms with Crippen LogP contribution in [0.4, 0.5) is 0 Å². The Morgan fingerprint density at radius 3 is 2.16 bits per heavy atom. The lowest BCUT2D eigenvalue weighted by Gasteiger charge is -2.10. The quantitative estimate of drug-likeness (QED) is 0.379. The highest BCUT2D eigenvalue weighted by Gasteiger charge is 2.05. The molecule has 0 aromatic rings. The highest BCUT2D eigenvalue weighted by Crippen LogP contribution is 2.10. The first kappa shape index (κ1) is 18.7. The zero-order chi connectivity index (χ0) is 14.3. The van der Waals surface area contributed by atoms with Crippen molar-refractivity contribution in [2.45, 2.75) is 96.7 Å². The second-order valence-electron chi connectivity index (χ2n) is 5.57. The van der Waals surface area contributed by atoms with Gasteiger partial charge in [-0.05, 0) is 32.1 Å². The molecule has 0 aliphatic carbocycles. The van der Waals surface area contributed by atoms with Crippen LogP contribution >= 0.6 is 0 Å². The van der Waals surface area contributed by atoms with Gasteiger partial charge >= 0.3 is 0 Å². The van der Waals surface area contributed by atoms with Crippen LogP contribution in [0, 0.1) is 0 Å². The van der Waals surface area contributed by atoms with Gasteiger partial charge in [-0.25, -0.2) is 0 Å². The highest BCUT2D eigenvalue weighted by atomic mass is 16.3. The predicted molar refractivity (Wildman–Crippen MR) is 83.3 cm³/mol. The number of aliphatic hydroxyl groups is 2. The number of allylic oxidation sites excluding steroid dienone is 1. The van der Waals surface area contributed by atoms with Crippen molar-refractivity contribution < 1.29 is 10.2 Å². The first-order chi connectivity index (χ1) is 9.20. The molecule has 0 saturated heterocycles. The SMILES string of the molecule is CCCCCCCC/C=C\[C@H](O)CC[C@@H](O)CCC. The predicted octanol–water partition coefficient (Wildman–Crippen LogP) is 4.60. The summed E-state index contributed by atoms with van der Waals surface area (Å²) < 4.78 is 0. The summed E-state index contributed by atoms with van der Waals surface area (Å²) in [5, 5.41) is 19.3. The second-order valence-corrected chi connectivity index (χ2v) is 5.57. The molecule has 0 saturated carbocycles. The van der Waals surface area contributed by atoms with Gasteiger partial charge < -0.3 is 10.2 Å². The van der Waals surface area contributed by atoms with E-state index in [1.807, 2.05) is 6.08 Å². The minimum Gasteiger partial charge on any atom is -0.393 e. The maximum atomic E-state index is 9.74. The molecule has 0 unspecified atom stereocenters. The molecule has 0 aromatic carbocycles. The van der Waals surface area contributed by atoms with Crippen LogP contribution in [0.25, 0.3) is 0 Å².